The molecule has 0 aliphatic carbocycles. The van der Waals surface area contributed by atoms with Gasteiger partial charge in [-0.1, -0.05) is 58.4 Å². The van der Waals surface area contributed by atoms with Crippen molar-refractivity contribution < 1.29 is 0 Å². The van der Waals surface area contributed by atoms with Crippen LogP contribution in [0.1, 0.15) is 11.1 Å². The van der Waals surface area contributed by atoms with Crippen molar-refractivity contribution in [1.29, 1.82) is 0 Å². The Balaban J connectivity index is 1.84. The van der Waals surface area contributed by atoms with Crippen LogP contribution in [0.3, 0.4) is 0 Å². The molecule has 0 aromatic heterocycles. The standard InChI is InChI=1S/C14H13BrN2/c15-14-8-6-13(7-9-14)11-17-16-10-12-4-2-1-3-5-12/h1-9,11,16H,10H2. The monoisotopic (exact) mass is 288 g/mol. The predicted octanol–water partition coefficient (Wildman–Crippen LogP) is 3.57. The smallest absolute Gasteiger partial charge is 0.0580 e. The molecular formula is C14H13BrN2. The van der Waals surface area contributed by atoms with Gasteiger partial charge in [-0.05, 0) is 23.3 Å². The van der Waals surface area contributed by atoms with Crippen LogP contribution in [0.4, 0.5) is 0 Å². The van der Waals surface area contributed by atoms with Crippen LogP contribution in [-0.4, -0.2) is 6.21 Å². The summed E-state index contributed by atoms with van der Waals surface area (Å²) < 4.78 is 1.08. The molecular weight excluding hydrogens is 276 g/mol. The molecule has 0 amide bonds. The van der Waals surface area contributed by atoms with Crippen LogP contribution < -0.4 is 5.43 Å². The molecule has 2 nitrogen and oxygen atoms in total. The van der Waals surface area contributed by atoms with Crippen molar-refractivity contribution in [2.75, 3.05) is 0 Å². The molecule has 1 N–H and O–H groups in total. The summed E-state index contributed by atoms with van der Waals surface area (Å²) in [5.41, 5.74) is 5.32. The van der Waals surface area contributed by atoms with E-state index in [1.165, 1.54) is 5.56 Å². The van der Waals surface area contributed by atoms with Gasteiger partial charge in [0.25, 0.3) is 0 Å². The van der Waals surface area contributed by atoms with E-state index in [2.05, 4.69) is 38.6 Å². The number of nitrogens with zero attached hydrogens (tertiary/aromatic N) is 1. The minimum absolute atomic E-state index is 0.744. The molecule has 0 saturated heterocycles. The van der Waals surface area contributed by atoms with E-state index in [0.717, 1.165) is 16.6 Å². The maximum atomic E-state index is 4.18. The minimum Gasteiger partial charge on any atom is -0.306 e. The van der Waals surface area contributed by atoms with Crippen LogP contribution in [-0.2, 0) is 6.54 Å². The number of nitrogens with one attached hydrogen (secondary N) is 1. The van der Waals surface area contributed by atoms with E-state index < -0.39 is 0 Å². The SMILES string of the molecule is Brc1ccc(C=NNCc2ccccc2)cc1. The summed E-state index contributed by atoms with van der Waals surface area (Å²) in [6, 6.07) is 18.2. The van der Waals surface area contributed by atoms with Crippen LogP contribution in [0.5, 0.6) is 0 Å². The zero-order valence-electron chi connectivity index (χ0n) is 9.31. The van der Waals surface area contributed by atoms with Crippen molar-refractivity contribution in [3.05, 3.63) is 70.2 Å². The fourth-order valence-corrected chi connectivity index (χ4v) is 1.67. The first-order chi connectivity index (χ1) is 8.34. The molecule has 0 bridgehead atoms. The van der Waals surface area contributed by atoms with Gasteiger partial charge in [-0.25, -0.2) is 0 Å². The predicted molar refractivity (Wildman–Crippen MR) is 75.0 cm³/mol. The second-order valence-corrected chi connectivity index (χ2v) is 4.55. The molecule has 0 radical (unpaired) electrons. The molecule has 0 atom stereocenters. The van der Waals surface area contributed by atoms with Gasteiger partial charge in [0, 0.05) is 4.47 Å². The Morgan fingerprint density at radius 2 is 1.71 bits per heavy atom. The maximum Gasteiger partial charge on any atom is 0.0580 e. The normalized spacial score (nSPS) is 10.6. The van der Waals surface area contributed by atoms with E-state index in [9.17, 15) is 0 Å². The average Bonchev–Trinajstić information content (AvgIpc) is 2.38. The lowest BCUT2D eigenvalue weighted by Crippen LogP contribution is -2.05. The van der Waals surface area contributed by atoms with Crippen molar-refractivity contribution in [1.82, 2.24) is 5.43 Å². The number of benzene rings is 2. The lowest BCUT2D eigenvalue weighted by Gasteiger charge is -1.99. The highest BCUT2D eigenvalue weighted by atomic mass is 79.9. The third-order valence-corrected chi connectivity index (χ3v) is 2.83. The number of hydrogen-bond acceptors (Lipinski definition) is 2. The van der Waals surface area contributed by atoms with Gasteiger partial charge >= 0.3 is 0 Å². The van der Waals surface area contributed by atoms with E-state index in [1.54, 1.807) is 0 Å². The third-order valence-electron chi connectivity index (χ3n) is 2.30. The van der Waals surface area contributed by atoms with E-state index >= 15 is 0 Å². The minimum atomic E-state index is 0.744. The summed E-state index contributed by atoms with van der Waals surface area (Å²) in [7, 11) is 0. The third kappa shape index (κ3) is 4.04. The molecule has 2 aromatic carbocycles. The Labute approximate surface area is 110 Å². The maximum absolute atomic E-state index is 4.18. The topological polar surface area (TPSA) is 24.4 Å². The number of rotatable bonds is 4. The van der Waals surface area contributed by atoms with Gasteiger partial charge in [0.1, 0.15) is 0 Å². The van der Waals surface area contributed by atoms with Crippen molar-refractivity contribution in [3.8, 4) is 0 Å². The number of hydrogen-bond donors (Lipinski definition) is 1. The summed E-state index contributed by atoms with van der Waals surface area (Å²) in [6.07, 6.45) is 1.81. The Morgan fingerprint density at radius 3 is 2.41 bits per heavy atom. The molecule has 0 spiro atoms. The zero-order valence-corrected chi connectivity index (χ0v) is 10.9. The van der Waals surface area contributed by atoms with E-state index in [0.29, 0.717) is 0 Å². The van der Waals surface area contributed by atoms with Gasteiger partial charge in [-0.15, -0.1) is 0 Å². The Morgan fingerprint density at radius 1 is 1.00 bits per heavy atom. The molecule has 0 aliphatic heterocycles. The average molecular weight is 289 g/mol. The first kappa shape index (κ1) is 11.9. The Bertz CT molecular complexity index is 477. The van der Waals surface area contributed by atoms with Gasteiger partial charge < -0.3 is 5.43 Å². The van der Waals surface area contributed by atoms with Gasteiger partial charge in [-0.3, -0.25) is 0 Å². The Hall–Kier alpha value is -1.61. The largest absolute Gasteiger partial charge is 0.306 e. The van der Waals surface area contributed by atoms with Crippen molar-refractivity contribution >= 4 is 22.1 Å². The molecule has 0 unspecified atom stereocenters. The van der Waals surface area contributed by atoms with Crippen molar-refractivity contribution in [2.45, 2.75) is 6.54 Å². The molecule has 2 rings (SSSR count). The fourth-order valence-electron chi connectivity index (χ4n) is 1.40. The first-order valence-electron chi connectivity index (χ1n) is 5.40. The summed E-state index contributed by atoms with van der Waals surface area (Å²) >= 11 is 3.40. The molecule has 0 heterocycles. The second-order valence-electron chi connectivity index (χ2n) is 3.63. The molecule has 0 fully saturated rings. The van der Waals surface area contributed by atoms with Gasteiger partial charge in [0.15, 0.2) is 0 Å². The van der Waals surface area contributed by atoms with Crippen LogP contribution in [0.2, 0.25) is 0 Å². The highest BCUT2D eigenvalue weighted by Crippen LogP contribution is 2.08. The molecule has 0 saturated carbocycles. The van der Waals surface area contributed by atoms with Crippen molar-refractivity contribution in [2.24, 2.45) is 5.10 Å². The zero-order chi connectivity index (χ0) is 11.9. The number of halogens is 1. The van der Waals surface area contributed by atoms with Crippen molar-refractivity contribution in [3.63, 3.8) is 0 Å². The molecule has 86 valence electrons. The first-order valence-corrected chi connectivity index (χ1v) is 6.19. The molecule has 2 aromatic rings. The lowest BCUT2D eigenvalue weighted by molar-refractivity contribution is 0.748. The summed E-state index contributed by atoms with van der Waals surface area (Å²) in [5.74, 6) is 0. The summed E-state index contributed by atoms with van der Waals surface area (Å²) in [5, 5.41) is 4.18. The van der Waals surface area contributed by atoms with E-state index in [1.807, 2.05) is 48.7 Å². The molecule has 17 heavy (non-hydrogen) atoms. The lowest BCUT2D eigenvalue weighted by atomic mass is 10.2. The van der Waals surface area contributed by atoms with Gasteiger partial charge in [0.05, 0.1) is 12.8 Å². The van der Waals surface area contributed by atoms with Gasteiger partial charge in [-0.2, -0.15) is 5.10 Å². The number of hydrazone groups is 1. The highest BCUT2D eigenvalue weighted by molar-refractivity contribution is 9.10. The van der Waals surface area contributed by atoms with E-state index in [4.69, 9.17) is 0 Å². The van der Waals surface area contributed by atoms with Gasteiger partial charge in [0.2, 0.25) is 0 Å². The molecule has 3 heteroatoms. The highest BCUT2D eigenvalue weighted by Gasteiger charge is 1.89. The van der Waals surface area contributed by atoms with Crippen LogP contribution >= 0.6 is 15.9 Å². The summed E-state index contributed by atoms with van der Waals surface area (Å²) in [6.45, 7) is 0.744. The van der Waals surface area contributed by atoms with Crippen LogP contribution in [0.25, 0.3) is 0 Å². The Kier molecular flexibility index (Phi) is 4.33. The quantitative estimate of drug-likeness (QED) is 0.675. The fraction of sp³-hybridized carbons (Fsp3) is 0.0714. The van der Waals surface area contributed by atoms with Crippen LogP contribution in [0.15, 0.2) is 64.2 Å². The second kappa shape index (κ2) is 6.21. The van der Waals surface area contributed by atoms with Crippen LogP contribution in [0, 0.1) is 0 Å². The molecule has 0 aliphatic rings. The van der Waals surface area contributed by atoms with E-state index in [-0.39, 0.29) is 0 Å². The summed E-state index contributed by atoms with van der Waals surface area (Å²) in [4.78, 5) is 0.